The van der Waals surface area contributed by atoms with Crippen LogP contribution in [0.25, 0.3) is 11.4 Å². The maximum Gasteiger partial charge on any atom is 0.253 e. The molecule has 0 radical (unpaired) electrons. The van der Waals surface area contributed by atoms with Crippen LogP contribution in [0.2, 0.25) is 0 Å². The highest BCUT2D eigenvalue weighted by atomic mass is 16.5. The number of benzene rings is 1. The predicted molar refractivity (Wildman–Crippen MR) is 94.6 cm³/mol. The number of hydrogen-bond donors (Lipinski definition) is 0. The first-order valence-electron chi connectivity index (χ1n) is 8.41. The maximum atomic E-state index is 12.9. The van der Waals surface area contributed by atoms with Crippen molar-refractivity contribution < 1.29 is 9.32 Å². The van der Waals surface area contributed by atoms with Crippen molar-refractivity contribution in [3.8, 4) is 11.4 Å². The van der Waals surface area contributed by atoms with Gasteiger partial charge in [-0.25, -0.2) is 9.97 Å². The molecule has 0 bridgehead atoms. The lowest BCUT2D eigenvalue weighted by atomic mass is 10.1. The molecule has 0 atom stereocenters. The van der Waals surface area contributed by atoms with Gasteiger partial charge in [-0.2, -0.15) is 4.98 Å². The number of hydrogen-bond acceptors (Lipinski definition) is 7. The SMILES string of the molecule is Cc1nc(-c2cccc(C(=O)N3CCN(c4cncnc4)CC3)c2)no1. The number of aryl methyl sites for hydroxylation is 1. The fourth-order valence-corrected chi connectivity index (χ4v) is 3.01. The molecule has 1 aliphatic rings. The predicted octanol–water partition coefficient (Wildman–Crippen LogP) is 1.80. The van der Waals surface area contributed by atoms with Gasteiger partial charge in [0.15, 0.2) is 0 Å². The lowest BCUT2D eigenvalue weighted by molar-refractivity contribution is 0.0747. The first-order chi connectivity index (χ1) is 12.7. The number of aromatic nitrogens is 4. The quantitative estimate of drug-likeness (QED) is 0.711. The van der Waals surface area contributed by atoms with Gasteiger partial charge in [-0.05, 0) is 12.1 Å². The van der Waals surface area contributed by atoms with Gasteiger partial charge in [0.05, 0.1) is 18.1 Å². The fraction of sp³-hybridized carbons (Fsp3) is 0.278. The first kappa shape index (κ1) is 16.2. The minimum Gasteiger partial charge on any atom is -0.365 e. The molecule has 0 unspecified atom stereocenters. The monoisotopic (exact) mass is 350 g/mol. The van der Waals surface area contributed by atoms with Crippen molar-refractivity contribution in [1.29, 1.82) is 0 Å². The minimum atomic E-state index is 0.0102. The molecule has 8 nitrogen and oxygen atoms in total. The van der Waals surface area contributed by atoms with Crippen molar-refractivity contribution in [2.24, 2.45) is 0 Å². The third kappa shape index (κ3) is 3.26. The van der Waals surface area contributed by atoms with E-state index in [1.807, 2.05) is 29.2 Å². The van der Waals surface area contributed by atoms with Gasteiger partial charge < -0.3 is 14.3 Å². The van der Waals surface area contributed by atoms with E-state index in [9.17, 15) is 4.79 Å². The summed E-state index contributed by atoms with van der Waals surface area (Å²) in [5, 5.41) is 3.91. The molecule has 26 heavy (non-hydrogen) atoms. The summed E-state index contributed by atoms with van der Waals surface area (Å²) >= 11 is 0. The highest BCUT2D eigenvalue weighted by Gasteiger charge is 2.23. The minimum absolute atomic E-state index is 0.0102. The van der Waals surface area contributed by atoms with Gasteiger partial charge in [0.25, 0.3) is 5.91 Å². The molecule has 1 aromatic carbocycles. The zero-order chi connectivity index (χ0) is 17.9. The second-order valence-corrected chi connectivity index (χ2v) is 6.09. The van der Waals surface area contributed by atoms with Crippen molar-refractivity contribution in [2.45, 2.75) is 6.92 Å². The Labute approximate surface area is 150 Å². The molecule has 1 aliphatic heterocycles. The van der Waals surface area contributed by atoms with Crippen molar-refractivity contribution in [2.75, 3.05) is 31.1 Å². The summed E-state index contributed by atoms with van der Waals surface area (Å²) in [5.41, 5.74) is 2.38. The molecule has 0 spiro atoms. The van der Waals surface area contributed by atoms with E-state index in [1.165, 1.54) is 6.33 Å². The number of piperazine rings is 1. The van der Waals surface area contributed by atoms with Crippen LogP contribution in [0, 0.1) is 6.92 Å². The second kappa shape index (κ2) is 6.91. The molecule has 3 aromatic rings. The standard InChI is InChI=1S/C18H18N6O2/c1-13-21-17(22-26-13)14-3-2-4-15(9-14)18(25)24-7-5-23(6-8-24)16-10-19-12-20-11-16/h2-4,9-12H,5-8H2,1H3. The molecular weight excluding hydrogens is 332 g/mol. The largest absolute Gasteiger partial charge is 0.365 e. The van der Waals surface area contributed by atoms with Gasteiger partial charge in [-0.15, -0.1) is 0 Å². The van der Waals surface area contributed by atoms with E-state index in [4.69, 9.17) is 4.52 Å². The summed E-state index contributed by atoms with van der Waals surface area (Å²) in [5.74, 6) is 1.000. The molecule has 0 saturated carbocycles. The number of anilines is 1. The van der Waals surface area contributed by atoms with Crippen molar-refractivity contribution in [1.82, 2.24) is 25.0 Å². The average molecular weight is 350 g/mol. The van der Waals surface area contributed by atoms with E-state index in [1.54, 1.807) is 19.3 Å². The lowest BCUT2D eigenvalue weighted by Gasteiger charge is -2.35. The average Bonchev–Trinajstić information content (AvgIpc) is 3.15. The highest BCUT2D eigenvalue weighted by Crippen LogP contribution is 2.20. The number of carbonyl (C=O) groups excluding carboxylic acids is 1. The molecule has 1 fully saturated rings. The number of carbonyl (C=O) groups is 1. The van der Waals surface area contributed by atoms with Crippen LogP contribution in [0.1, 0.15) is 16.2 Å². The number of rotatable bonds is 3. The van der Waals surface area contributed by atoms with Crippen LogP contribution in [0.15, 0.2) is 47.5 Å². The van der Waals surface area contributed by atoms with Gasteiger partial charge in [0, 0.05) is 44.2 Å². The van der Waals surface area contributed by atoms with Crippen molar-refractivity contribution in [3.63, 3.8) is 0 Å². The summed E-state index contributed by atoms with van der Waals surface area (Å²) in [6.45, 7) is 4.55. The van der Waals surface area contributed by atoms with E-state index in [-0.39, 0.29) is 5.91 Å². The fourth-order valence-electron chi connectivity index (χ4n) is 3.01. The van der Waals surface area contributed by atoms with E-state index in [0.29, 0.717) is 30.4 Å². The lowest BCUT2D eigenvalue weighted by Crippen LogP contribution is -2.48. The Hall–Kier alpha value is -3.29. The molecule has 3 heterocycles. The van der Waals surface area contributed by atoms with Crippen LogP contribution in [0.3, 0.4) is 0 Å². The van der Waals surface area contributed by atoms with Crippen LogP contribution in [0.4, 0.5) is 5.69 Å². The zero-order valence-electron chi connectivity index (χ0n) is 14.4. The molecular formula is C18H18N6O2. The van der Waals surface area contributed by atoms with Crippen LogP contribution in [-0.4, -0.2) is 57.1 Å². The van der Waals surface area contributed by atoms with Gasteiger partial charge in [-0.3, -0.25) is 4.79 Å². The van der Waals surface area contributed by atoms with Gasteiger partial charge >= 0.3 is 0 Å². The summed E-state index contributed by atoms with van der Waals surface area (Å²) in [4.78, 5) is 29.2. The summed E-state index contributed by atoms with van der Waals surface area (Å²) in [6.07, 6.45) is 5.10. The topological polar surface area (TPSA) is 88.3 Å². The molecule has 2 aromatic heterocycles. The zero-order valence-corrected chi connectivity index (χ0v) is 14.4. The van der Waals surface area contributed by atoms with E-state index in [2.05, 4.69) is 25.0 Å². The van der Waals surface area contributed by atoms with Gasteiger partial charge in [0.1, 0.15) is 6.33 Å². The Morgan fingerprint density at radius 2 is 1.88 bits per heavy atom. The van der Waals surface area contributed by atoms with Crippen LogP contribution < -0.4 is 4.90 Å². The molecule has 0 N–H and O–H groups in total. The summed E-state index contributed by atoms with van der Waals surface area (Å²) < 4.78 is 5.02. The Morgan fingerprint density at radius 1 is 1.12 bits per heavy atom. The van der Waals surface area contributed by atoms with Crippen LogP contribution in [0.5, 0.6) is 0 Å². The Kier molecular flexibility index (Phi) is 4.30. The number of nitrogens with zero attached hydrogens (tertiary/aromatic N) is 6. The third-order valence-electron chi connectivity index (χ3n) is 4.37. The molecule has 8 heteroatoms. The molecule has 4 rings (SSSR count). The molecule has 132 valence electrons. The molecule has 0 aliphatic carbocycles. The summed E-state index contributed by atoms with van der Waals surface area (Å²) in [7, 11) is 0. The first-order valence-corrected chi connectivity index (χ1v) is 8.41. The van der Waals surface area contributed by atoms with Crippen LogP contribution in [-0.2, 0) is 0 Å². The van der Waals surface area contributed by atoms with Crippen LogP contribution >= 0.6 is 0 Å². The highest BCUT2D eigenvalue weighted by molar-refractivity contribution is 5.95. The third-order valence-corrected chi connectivity index (χ3v) is 4.37. The maximum absolute atomic E-state index is 12.9. The normalized spacial score (nSPS) is 14.5. The van der Waals surface area contributed by atoms with E-state index >= 15 is 0 Å². The van der Waals surface area contributed by atoms with Gasteiger partial charge in [-0.1, -0.05) is 17.3 Å². The second-order valence-electron chi connectivity index (χ2n) is 6.09. The smallest absolute Gasteiger partial charge is 0.253 e. The molecule has 1 saturated heterocycles. The Bertz CT molecular complexity index is 903. The summed E-state index contributed by atoms with van der Waals surface area (Å²) in [6, 6.07) is 7.33. The number of amides is 1. The van der Waals surface area contributed by atoms with Crippen molar-refractivity contribution in [3.05, 3.63) is 54.4 Å². The Morgan fingerprint density at radius 3 is 2.58 bits per heavy atom. The van der Waals surface area contributed by atoms with Gasteiger partial charge in [0.2, 0.25) is 11.7 Å². The van der Waals surface area contributed by atoms with Crippen molar-refractivity contribution >= 4 is 11.6 Å². The molecule has 1 amide bonds. The van der Waals surface area contributed by atoms with E-state index < -0.39 is 0 Å². The van der Waals surface area contributed by atoms with E-state index in [0.717, 1.165) is 24.3 Å². The Balaban J connectivity index is 1.45.